The van der Waals surface area contributed by atoms with E-state index in [1.165, 1.54) is 10.9 Å². The standard InChI is InChI=1S/C19H22N4O/c24-19(9-8-14-13-20-16-6-2-1-5-15(14)16)23-12-4-3-7-18(23)17-10-11-21-22-17/h1-2,5-6,10-11,13,18,20H,3-4,7-9,12H2,(H,21,22). The molecule has 1 unspecified atom stereocenters. The quantitative estimate of drug-likeness (QED) is 0.771. The molecule has 0 saturated carbocycles. The van der Waals surface area contributed by atoms with Gasteiger partial charge in [-0.3, -0.25) is 9.89 Å². The van der Waals surface area contributed by atoms with E-state index in [9.17, 15) is 4.79 Å². The fourth-order valence-electron chi connectivity index (χ4n) is 3.73. The summed E-state index contributed by atoms with van der Waals surface area (Å²) in [6.07, 6.45) is 8.38. The summed E-state index contributed by atoms with van der Waals surface area (Å²) in [5.74, 6) is 0.236. The number of aryl methyl sites for hydroxylation is 1. The number of aromatic amines is 2. The number of para-hydroxylation sites is 1. The lowest BCUT2D eigenvalue weighted by molar-refractivity contribution is -0.135. The van der Waals surface area contributed by atoms with Gasteiger partial charge in [0.15, 0.2) is 0 Å². The van der Waals surface area contributed by atoms with Crippen LogP contribution in [0.15, 0.2) is 42.7 Å². The number of carbonyl (C=O) groups is 1. The molecule has 1 aliphatic rings. The van der Waals surface area contributed by atoms with Gasteiger partial charge in [-0.2, -0.15) is 5.10 Å². The third-order valence-corrected chi connectivity index (χ3v) is 4.99. The first-order valence-electron chi connectivity index (χ1n) is 8.66. The number of carbonyl (C=O) groups excluding carboxylic acids is 1. The average molecular weight is 322 g/mol. The summed E-state index contributed by atoms with van der Waals surface area (Å²) in [4.78, 5) is 18.1. The molecule has 0 radical (unpaired) electrons. The van der Waals surface area contributed by atoms with Crippen molar-refractivity contribution in [1.82, 2.24) is 20.1 Å². The Hall–Kier alpha value is -2.56. The van der Waals surface area contributed by atoms with E-state index in [-0.39, 0.29) is 11.9 Å². The van der Waals surface area contributed by atoms with Gasteiger partial charge in [0.1, 0.15) is 0 Å². The number of benzene rings is 1. The Kier molecular flexibility index (Phi) is 4.07. The third-order valence-electron chi connectivity index (χ3n) is 4.99. The molecule has 1 aliphatic heterocycles. The lowest BCUT2D eigenvalue weighted by Gasteiger charge is -2.35. The van der Waals surface area contributed by atoms with Crippen LogP contribution in [-0.4, -0.2) is 32.5 Å². The predicted molar refractivity (Wildman–Crippen MR) is 93.5 cm³/mol. The molecule has 5 heteroatoms. The molecule has 2 aromatic heterocycles. The number of likely N-dealkylation sites (tertiary alicyclic amines) is 1. The molecule has 2 N–H and O–H groups in total. The zero-order chi connectivity index (χ0) is 16.4. The summed E-state index contributed by atoms with van der Waals surface area (Å²) in [6, 6.07) is 10.4. The van der Waals surface area contributed by atoms with Crippen LogP contribution in [0.5, 0.6) is 0 Å². The number of piperidine rings is 1. The second-order valence-electron chi connectivity index (χ2n) is 6.47. The fraction of sp³-hybridized carbons (Fsp3) is 0.368. The first-order chi connectivity index (χ1) is 11.8. The number of rotatable bonds is 4. The van der Waals surface area contributed by atoms with Crippen LogP contribution < -0.4 is 0 Å². The van der Waals surface area contributed by atoms with E-state index < -0.39 is 0 Å². The van der Waals surface area contributed by atoms with Crippen molar-refractivity contribution in [1.29, 1.82) is 0 Å². The molecule has 0 bridgehead atoms. The Balaban J connectivity index is 1.47. The van der Waals surface area contributed by atoms with Gasteiger partial charge in [0.25, 0.3) is 0 Å². The number of nitrogens with one attached hydrogen (secondary N) is 2. The molecule has 0 aliphatic carbocycles. The molecule has 1 saturated heterocycles. The number of H-pyrrole nitrogens is 2. The molecular weight excluding hydrogens is 300 g/mol. The van der Waals surface area contributed by atoms with E-state index in [1.807, 2.05) is 29.3 Å². The highest BCUT2D eigenvalue weighted by Crippen LogP contribution is 2.30. The lowest BCUT2D eigenvalue weighted by atomic mass is 9.98. The number of fused-ring (bicyclic) bond motifs is 1. The lowest BCUT2D eigenvalue weighted by Crippen LogP contribution is -2.38. The first kappa shape index (κ1) is 15.0. The maximum absolute atomic E-state index is 12.8. The van der Waals surface area contributed by atoms with E-state index in [2.05, 4.69) is 27.3 Å². The van der Waals surface area contributed by atoms with Crippen LogP contribution in [0.3, 0.4) is 0 Å². The first-order valence-corrected chi connectivity index (χ1v) is 8.66. The van der Waals surface area contributed by atoms with Crippen LogP contribution in [0.1, 0.15) is 43.0 Å². The van der Waals surface area contributed by atoms with Gasteiger partial charge in [-0.05, 0) is 43.4 Å². The molecule has 1 amide bonds. The molecular formula is C19H22N4O. The van der Waals surface area contributed by atoms with Crippen LogP contribution in [0.2, 0.25) is 0 Å². The molecule has 3 aromatic rings. The van der Waals surface area contributed by atoms with Gasteiger partial charge in [-0.15, -0.1) is 0 Å². The average Bonchev–Trinajstić information content (AvgIpc) is 3.30. The molecule has 4 rings (SSSR count). The molecule has 1 atom stereocenters. The fourth-order valence-corrected chi connectivity index (χ4v) is 3.73. The van der Waals surface area contributed by atoms with Crippen molar-refractivity contribution in [2.24, 2.45) is 0 Å². The van der Waals surface area contributed by atoms with Crippen molar-refractivity contribution >= 4 is 16.8 Å². The van der Waals surface area contributed by atoms with E-state index in [0.29, 0.717) is 6.42 Å². The number of hydrogen-bond acceptors (Lipinski definition) is 2. The van der Waals surface area contributed by atoms with Gasteiger partial charge in [-0.25, -0.2) is 0 Å². The van der Waals surface area contributed by atoms with Gasteiger partial charge in [-0.1, -0.05) is 18.2 Å². The highest BCUT2D eigenvalue weighted by Gasteiger charge is 2.28. The Morgan fingerprint density at radius 2 is 2.17 bits per heavy atom. The van der Waals surface area contributed by atoms with Crippen LogP contribution >= 0.6 is 0 Å². The normalized spacial score (nSPS) is 18.2. The topological polar surface area (TPSA) is 64.8 Å². The summed E-state index contributed by atoms with van der Waals surface area (Å²) in [7, 11) is 0. The minimum absolute atomic E-state index is 0.150. The van der Waals surface area contributed by atoms with Gasteiger partial charge in [0.05, 0.1) is 11.7 Å². The molecule has 124 valence electrons. The zero-order valence-corrected chi connectivity index (χ0v) is 13.7. The van der Waals surface area contributed by atoms with Crippen molar-refractivity contribution in [2.45, 2.75) is 38.1 Å². The van der Waals surface area contributed by atoms with Crippen LogP contribution in [-0.2, 0) is 11.2 Å². The molecule has 5 nitrogen and oxygen atoms in total. The van der Waals surface area contributed by atoms with Crippen molar-refractivity contribution in [3.63, 3.8) is 0 Å². The SMILES string of the molecule is O=C(CCc1c[nH]c2ccccc12)N1CCCCC1c1ccn[nH]1. The van der Waals surface area contributed by atoms with Crippen molar-refractivity contribution in [3.05, 3.63) is 54.0 Å². The molecule has 1 fully saturated rings. The predicted octanol–water partition coefficient (Wildman–Crippen LogP) is 3.58. The molecule has 0 spiro atoms. The minimum atomic E-state index is 0.150. The highest BCUT2D eigenvalue weighted by molar-refractivity contribution is 5.84. The van der Waals surface area contributed by atoms with Crippen molar-refractivity contribution < 1.29 is 4.79 Å². The van der Waals surface area contributed by atoms with Gasteiger partial charge in [0, 0.05) is 36.3 Å². The van der Waals surface area contributed by atoms with E-state index >= 15 is 0 Å². The Morgan fingerprint density at radius 1 is 1.25 bits per heavy atom. The molecule has 1 aromatic carbocycles. The number of amides is 1. The van der Waals surface area contributed by atoms with Crippen LogP contribution in [0.25, 0.3) is 10.9 Å². The van der Waals surface area contributed by atoms with Crippen molar-refractivity contribution in [3.8, 4) is 0 Å². The van der Waals surface area contributed by atoms with Crippen LogP contribution in [0, 0.1) is 0 Å². The second-order valence-corrected chi connectivity index (χ2v) is 6.47. The molecule has 3 heterocycles. The molecule has 24 heavy (non-hydrogen) atoms. The Labute approximate surface area is 141 Å². The number of nitrogens with zero attached hydrogens (tertiary/aromatic N) is 2. The highest BCUT2D eigenvalue weighted by atomic mass is 16.2. The van der Waals surface area contributed by atoms with E-state index in [1.54, 1.807) is 6.20 Å². The summed E-state index contributed by atoms with van der Waals surface area (Å²) in [5.41, 5.74) is 3.40. The minimum Gasteiger partial charge on any atom is -0.361 e. The van der Waals surface area contributed by atoms with Gasteiger partial charge in [0.2, 0.25) is 5.91 Å². The number of aromatic nitrogens is 3. The van der Waals surface area contributed by atoms with Gasteiger partial charge < -0.3 is 9.88 Å². The largest absolute Gasteiger partial charge is 0.361 e. The monoisotopic (exact) mass is 322 g/mol. The Bertz CT molecular complexity index is 821. The summed E-state index contributed by atoms with van der Waals surface area (Å²) < 4.78 is 0. The van der Waals surface area contributed by atoms with E-state index in [4.69, 9.17) is 0 Å². The van der Waals surface area contributed by atoms with Crippen LogP contribution in [0.4, 0.5) is 0 Å². The number of hydrogen-bond donors (Lipinski definition) is 2. The second kappa shape index (κ2) is 6.51. The maximum Gasteiger partial charge on any atom is 0.223 e. The zero-order valence-electron chi connectivity index (χ0n) is 13.7. The van der Waals surface area contributed by atoms with Crippen molar-refractivity contribution in [2.75, 3.05) is 6.54 Å². The van der Waals surface area contributed by atoms with E-state index in [0.717, 1.165) is 43.4 Å². The third kappa shape index (κ3) is 2.82. The summed E-state index contributed by atoms with van der Waals surface area (Å²) in [6.45, 7) is 0.844. The smallest absolute Gasteiger partial charge is 0.223 e. The summed E-state index contributed by atoms with van der Waals surface area (Å²) >= 11 is 0. The Morgan fingerprint density at radius 3 is 3.04 bits per heavy atom. The maximum atomic E-state index is 12.8. The van der Waals surface area contributed by atoms with Gasteiger partial charge >= 0.3 is 0 Å². The summed E-state index contributed by atoms with van der Waals surface area (Å²) in [5, 5.41) is 8.30.